The second-order valence-corrected chi connectivity index (χ2v) is 16.9. The molecule has 0 radical (unpaired) electrons. The van der Waals surface area contributed by atoms with Crippen molar-refractivity contribution in [3.63, 3.8) is 0 Å². The van der Waals surface area contributed by atoms with E-state index in [1.807, 2.05) is 0 Å². The Bertz CT molecular complexity index is 1360. The Labute approximate surface area is 264 Å². The maximum Gasteiger partial charge on any atom is 0.331 e. The Morgan fingerprint density at radius 1 is 0.864 bits per heavy atom. The van der Waals surface area contributed by atoms with Crippen LogP contribution in [-0.2, 0) is 14.3 Å². The lowest BCUT2D eigenvalue weighted by Gasteiger charge is -2.72. The molecule has 5 aliphatic rings. The number of benzene rings is 1. The first-order valence-corrected chi connectivity index (χ1v) is 17.2. The van der Waals surface area contributed by atoms with Crippen LogP contribution in [0.5, 0.6) is 5.75 Å². The molecule has 0 aromatic heterocycles. The second-order valence-electron chi connectivity index (χ2n) is 16.9. The largest absolute Gasteiger partial charge is 0.508 e. The molecule has 5 fully saturated rings. The first-order valence-electron chi connectivity index (χ1n) is 17.2. The molecule has 0 unspecified atom stereocenters. The second kappa shape index (κ2) is 10.5. The van der Waals surface area contributed by atoms with Gasteiger partial charge in [0.05, 0.1) is 5.41 Å². The van der Waals surface area contributed by atoms with Crippen LogP contribution < -0.4 is 0 Å². The predicted octanol–water partition coefficient (Wildman–Crippen LogP) is 9.06. The number of phenols is 1. The molecule has 0 saturated heterocycles. The fraction of sp³-hybridized carbons (Fsp3) is 0.692. The number of carbonyl (C=O) groups is 2. The van der Waals surface area contributed by atoms with Crippen LogP contribution >= 0.6 is 0 Å². The highest BCUT2D eigenvalue weighted by atomic mass is 16.5. The standard InChI is InChI=1S/C39H54O5/c1-24(2)27-16-21-39(34(42)43)23-22-37(6)28(33(27)39)13-14-30-36(5)19-18-31(35(3,4)29(36)17-20-38(30,37)7)44-32(41)15-10-25-8-11-26(40)12-9-25/h8-12,15,27-31,33,40H,1,13-14,16-23H2,2-7H3,(H,42,43)/b15-10+/t27-,28-,29-,30+,31-,33-,36-,37+,38+,39-/m0/s1. The Balaban J connectivity index is 1.24. The number of aromatic hydroxyl groups is 1. The molecule has 5 aliphatic carbocycles. The summed E-state index contributed by atoms with van der Waals surface area (Å²) in [7, 11) is 0. The molecular weight excluding hydrogens is 548 g/mol. The van der Waals surface area contributed by atoms with E-state index in [2.05, 4.69) is 48.1 Å². The van der Waals surface area contributed by atoms with Crippen molar-refractivity contribution >= 4 is 18.0 Å². The monoisotopic (exact) mass is 602 g/mol. The van der Waals surface area contributed by atoms with Crippen molar-refractivity contribution in [1.82, 2.24) is 0 Å². The zero-order valence-corrected chi connectivity index (χ0v) is 27.8. The van der Waals surface area contributed by atoms with Crippen LogP contribution in [0.4, 0.5) is 0 Å². The maximum atomic E-state index is 13.0. The summed E-state index contributed by atoms with van der Waals surface area (Å²) in [4.78, 5) is 25.9. The number of hydrogen-bond acceptors (Lipinski definition) is 4. The molecular formula is C39H54O5. The summed E-state index contributed by atoms with van der Waals surface area (Å²) in [5.41, 5.74) is 1.71. The Kier molecular flexibility index (Phi) is 7.49. The van der Waals surface area contributed by atoms with Crippen LogP contribution in [0.15, 0.2) is 42.5 Å². The fourth-order valence-corrected chi connectivity index (χ4v) is 12.6. The molecule has 0 amide bonds. The zero-order chi connectivity index (χ0) is 31.9. The van der Waals surface area contributed by atoms with E-state index in [1.165, 1.54) is 11.6 Å². The van der Waals surface area contributed by atoms with Crippen molar-refractivity contribution in [2.75, 3.05) is 0 Å². The number of carboxylic acids is 1. The van der Waals surface area contributed by atoms with E-state index in [0.717, 1.165) is 69.8 Å². The highest BCUT2D eigenvalue weighted by molar-refractivity contribution is 5.87. The van der Waals surface area contributed by atoms with Gasteiger partial charge in [0, 0.05) is 11.5 Å². The van der Waals surface area contributed by atoms with E-state index in [4.69, 9.17) is 4.74 Å². The number of carbonyl (C=O) groups excluding carboxylic acids is 1. The van der Waals surface area contributed by atoms with Gasteiger partial charge in [0.25, 0.3) is 0 Å². The number of hydrogen-bond donors (Lipinski definition) is 2. The van der Waals surface area contributed by atoms with E-state index in [1.54, 1.807) is 30.3 Å². The molecule has 6 rings (SSSR count). The molecule has 0 heterocycles. The number of allylic oxidation sites excluding steroid dienone is 1. The number of fused-ring (bicyclic) bond motifs is 7. The first kappa shape index (κ1) is 31.4. The van der Waals surface area contributed by atoms with E-state index in [0.29, 0.717) is 23.7 Å². The van der Waals surface area contributed by atoms with Crippen LogP contribution in [0.1, 0.15) is 111 Å². The summed E-state index contributed by atoms with van der Waals surface area (Å²) >= 11 is 0. The molecule has 0 aliphatic heterocycles. The first-order chi connectivity index (χ1) is 20.6. The van der Waals surface area contributed by atoms with E-state index >= 15 is 0 Å². The van der Waals surface area contributed by atoms with Crippen LogP contribution in [0, 0.1) is 56.7 Å². The average Bonchev–Trinajstić information content (AvgIpc) is 3.36. The number of esters is 1. The van der Waals surface area contributed by atoms with Crippen LogP contribution in [0.2, 0.25) is 0 Å². The minimum Gasteiger partial charge on any atom is -0.508 e. The predicted molar refractivity (Wildman–Crippen MR) is 174 cm³/mol. The molecule has 0 spiro atoms. The number of ether oxygens (including phenoxy) is 1. The van der Waals surface area contributed by atoms with Crippen LogP contribution in [0.25, 0.3) is 6.08 Å². The summed E-state index contributed by atoms with van der Waals surface area (Å²) in [5.74, 6) is 1.29. The molecule has 5 saturated carbocycles. The fourth-order valence-electron chi connectivity index (χ4n) is 12.6. The Morgan fingerprint density at radius 2 is 1.57 bits per heavy atom. The maximum absolute atomic E-state index is 13.0. The van der Waals surface area contributed by atoms with Gasteiger partial charge >= 0.3 is 11.9 Å². The third-order valence-electron chi connectivity index (χ3n) is 15.0. The summed E-state index contributed by atoms with van der Waals surface area (Å²) in [6.45, 7) is 18.8. The average molecular weight is 603 g/mol. The minimum atomic E-state index is -0.585. The molecule has 1 aromatic carbocycles. The lowest BCUT2D eigenvalue weighted by Crippen LogP contribution is -2.67. The lowest BCUT2D eigenvalue weighted by molar-refractivity contribution is -0.250. The van der Waals surface area contributed by atoms with Gasteiger partial charge in [-0.3, -0.25) is 4.79 Å². The van der Waals surface area contributed by atoms with Crippen LogP contribution in [0.3, 0.4) is 0 Å². The van der Waals surface area contributed by atoms with Gasteiger partial charge < -0.3 is 14.9 Å². The molecule has 44 heavy (non-hydrogen) atoms. The Morgan fingerprint density at radius 3 is 2.23 bits per heavy atom. The molecule has 2 N–H and O–H groups in total. The van der Waals surface area contributed by atoms with Gasteiger partial charge in [-0.2, -0.15) is 0 Å². The van der Waals surface area contributed by atoms with Crippen molar-refractivity contribution < 1.29 is 24.5 Å². The lowest BCUT2D eigenvalue weighted by atomic mass is 9.32. The van der Waals surface area contributed by atoms with E-state index in [-0.39, 0.29) is 45.4 Å². The normalized spacial score (nSPS) is 44.1. The highest BCUT2D eigenvalue weighted by Gasteiger charge is 2.72. The molecule has 240 valence electrons. The summed E-state index contributed by atoms with van der Waals surface area (Å²) in [6.07, 6.45) is 13.2. The third-order valence-corrected chi connectivity index (χ3v) is 15.0. The van der Waals surface area contributed by atoms with Gasteiger partial charge in [0.15, 0.2) is 0 Å². The molecule has 5 heteroatoms. The summed E-state index contributed by atoms with van der Waals surface area (Å²) in [6, 6.07) is 6.79. The number of aliphatic carboxylic acids is 1. The Hall–Kier alpha value is -2.56. The van der Waals surface area contributed by atoms with E-state index in [9.17, 15) is 19.8 Å². The number of carboxylic acid groups (broad SMARTS) is 1. The SMILES string of the molecule is C=C(C)[C@@H]1CC[C@]2(C(=O)O)CC[C@]3(C)[C@@H](CC[C@@H]4[C@@]5(C)CC[C@H](OC(=O)/C=C/c6ccc(O)cc6)C(C)(C)[C@@H]5CC[C@]43C)[C@H]12. The molecule has 5 nitrogen and oxygen atoms in total. The highest BCUT2D eigenvalue weighted by Crippen LogP contribution is 2.77. The quantitative estimate of drug-likeness (QED) is 0.200. The van der Waals surface area contributed by atoms with Gasteiger partial charge in [-0.1, -0.05) is 58.9 Å². The summed E-state index contributed by atoms with van der Waals surface area (Å²) < 4.78 is 6.19. The smallest absolute Gasteiger partial charge is 0.331 e. The van der Waals surface area contributed by atoms with Crippen molar-refractivity contribution in [2.24, 2.45) is 56.7 Å². The van der Waals surface area contributed by atoms with Gasteiger partial charge in [0.2, 0.25) is 0 Å². The molecule has 10 atom stereocenters. The number of rotatable bonds is 5. The molecule has 1 aromatic rings. The van der Waals surface area contributed by atoms with Gasteiger partial charge in [-0.05, 0) is 141 Å². The third kappa shape index (κ3) is 4.37. The van der Waals surface area contributed by atoms with Gasteiger partial charge in [0.1, 0.15) is 11.9 Å². The van der Waals surface area contributed by atoms with Crippen molar-refractivity contribution in [2.45, 2.75) is 112 Å². The topological polar surface area (TPSA) is 83.8 Å². The van der Waals surface area contributed by atoms with Crippen molar-refractivity contribution in [3.05, 3.63) is 48.1 Å². The van der Waals surface area contributed by atoms with Gasteiger partial charge in [-0.15, -0.1) is 0 Å². The summed E-state index contributed by atoms with van der Waals surface area (Å²) in [5, 5.41) is 20.2. The van der Waals surface area contributed by atoms with Crippen molar-refractivity contribution in [1.29, 1.82) is 0 Å². The van der Waals surface area contributed by atoms with E-state index < -0.39 is 11.4 Å². The molecule has 0 bridgehead atoms. The van der Waals surface area contributed by atoms with Gasteiger partial charge in [-0.25, -0.2) is 4.79 Å². The zero-order valence-electron chi connectivity index (χ0n) is 27.8. The number of phenolic OH excluding ortho intramolecular Hbond substituents is 1. The minimum absolute atomic E-state index is 0.109. The van der Waals surface area contributed by atoms with Crippen LogP contribution in [-0.4, -0.2) is 28.3 Å². The van der Waals surface area contributed by atoms with Crippen molar-refractivity contribution in [3.8, 4) is 5.75 Å².